The van der Waals surface area contributed by atoms with E-state index in [-0.39, 0.29) is 0 Å². The first kappa shape index (κ1) is 23.5. The van der Waals surface area contributed by atoms with Crippen LogP contribution in [0.1, 0.15) is 26.3 Å². The zero-order valence-electron chi connectivity index (χ0n) is 18.1. The van der Waals surface area contributed by atoms with Gasteiger partial charge in [-0.2, -0.15) is 0 Å². The minimum Gasteiger partial charge on any atom is -0.474 e. The van der Waals surface area contributed by atoms with Gasteiger partial charge in [0.15, 0.2) is 23.7 Å². The number of aryl methyl sites for hydroxylation is 1. The first-order chi connectivity index (χ1) is 15.2. The van der Waals surface area contributed by atoms with Crippen LogP contribution in [0.2, 0.25) is 0 Å². The third kappa shape index (κ3) is 6.19. The third-order valence-corrected chi connectivity index (χ3v) is 5.68. The number of carbonyl (C=O) groups excluding carboxylic acids is 3. The van der Waals surface area contributed by atoms with E-state index in [1.54, 1.807) is 30.7 Å². The number of rotatable bonds is 6. The monoisotopic (exact) mass is 460 g/mol. The maximum atomic E-state index is 11.7. The summed E-state index contributed by atoms with van der Waals surface area (Å²) < 4.78 is 22.1. The van der Waals surface area contributed by atoms with E-state index in [0.29, 0.717) is 11.5 Å². The highest BCUT2D eigenvalue weighted by Crippen LogP contribution is 2.34. The van der Waals surface area contributed by atoms with Crippen molar-refractivity contribution < 1.29 is 33.3 Å². The summed E-state index contributed by atoms with van der Waals surface area (Å²) >= 11 is 1.29. The van der Waals surface area contributed by atoms with Crippen molar-refractivity contribution in [2.75, 3.05) is 5.75 Å². The van der Waals surface area contributed by atoms with Crippen molar-refractivity contribution in [1.29, 1.82) is 0 Å². The van der Waals surface area contributed by atoms with E-state index < -0.39 is 41.7 Å². The Morgan fingerprint density at radius 1 is 0.938 bits per heavy atom. The quantitative estimate of drug-likeness (QED) is 0.471. The van der Waals surface area contributed by atoms with Gasteiger partial charge in [-0.1, -0.05) is 0 Å². The van der Waals surface area contributed by atoms with Crippen LogP contribution in [0.25, 0.3) is 11.3 Å². The fraction of sp³-hybridized carbons (Fsp3) is 0.409. The Balaban J connectivity index is 1.81. The molecule has 1 saturated heterocycles. The zero-order valence-corrected chi connectivity index (χ0v) is 19.0. The molecule has 2 aromatic rings. The van der Waals surface area contributed by atoms with Gasteiger partial charge in [0, 0.05) is 44.5 Å². The van der Waals surface area contributed by atoms with E-state index in [9.17, 15) is 14.4 Å². The van der Waals surface area contributed by atoms with E-state index in [0.717, 1.165) is 16.8 Å². The second kappa shape index (κ2) is 10.4. The van der Waals surface area contributed by atoms with Crippen LogP contribution >= 0.6 is 11.8 Å². The molecule has 32 heavy (non-hydrogen) atoms. The normalized spacial score (nSPS) is 22.5. The molecule has 0 bridgehead atoms. The summed E-state index contributed by atoms with van der Waals surface area (Å²) in [6, 6.07) is 5.52. The SMILES string of the molecule is CC(=O)O[C@@H]1[C@@H](OC(C)=O)[C@H](OC(C)=O)CS[C@H]1Oc1ccc(-c2cncc(C)c2)nc1. The Kier molecular flexibility index (Phi) is 7.68. The Hall–Kier alpha value is -3.14. The molecule has 0 amide bonds. The van der Waals surface area contributed by atoms with Gasteiger partial charge in [-0.15, -0.1) is 11.8 Å². The van der Waals surface area contributed by atoms with E-state index in [1.807, 2.05) is 13.0 Å². The Morgan fingerprint density at radius 3 is 2.22 bits per heavy atom. The number of aromatic nitrogens is 2. The van der Waals surface area contributed by atoms with Gasteiger partial charge in [0.05, 0.1) is 11.9 Å². The standard InChI is InChI=1S/C22H24N2O7S/c1-12-7-16(9-23-8-12)18-6-5-17(10-24-18)31-22-21(30-15(4)27)20(29-14(3)26)19(11-32-22)28-13(2)25/h5-10,19-22H,11H2,1-4H3/t19-,20+,21-,22-/m1/s1. The van der Waals surface area contributed by atoms with Gasteiger partial charge < -0.3 is 18.9 Å². The Labute approximate surface area is 189 Å². The van der Waals surface area contributed by atoms with Crippen LogP contribution in [0, 0.1) is 6.92 Å². The number of thioether (sulfide) groups is 1. The zero-order chi connectivity index (χ0) is 23.3. The summed E-state index contributed by atoms with van der Waals surface area (Å²) in [4.78, 5) is 43.5. The number of hydrogen-bond donors (Lipinski definition) is 0. The highest BCUT2D eigenvalue weighted by Gasteiger charge is 2.47. The molecule has 4 atom stereocenters. The molecule has 1 aliphatic rings. The smallest absolute Gasteiger partial charge is 0.303 e. The predicted octanol–water partition coefficient (Wildman–Crippen LogP) is 2.70. The predicted molar refractivity (Wildman–Crippen MR) is 116 cm³/mol. The Morgan fingerprint density at radius 2 is 1.62 bits per heavy atom. The van der Waals surface area contributed by atoms with Crippen molar-refractivity contribution in [2.24, 2.45) is 0 Å². The Bertz CT molecular complexity index is 982. The molecule has 9 nitrogen and oxygen atoms in total. The molecule has 1 aliphatic heterocycles. The van der Waals surface area contributed by atoms with Crippen LogP contribution in [0.3, 0.4) is 0 Å². The summed E-state index contributed by atoms with van der Waals surface area (Å²) in [5.74, 6) is -0.964. The molecular weight excluding hydrogens is 436 g/mol. The molecule has 3 heterocycles. The van der Waals surface area contributed by atoms with Crippen LogP contribution < -0.4 is 4.74 Å². The lowest BCUT2D eigenvalue weighted by Crippen LogP contribution is -2.55. The molecule has 170 valence electrons. The lowest BCUT2D eigenvalue weighted by Gasteiger charge is -2.39. The van der Waals surface area contributed by atoms with E-state index in [2.05, 4.69) is 9.97 Å². The van der Waals surface area contributed by atoms with Crippen LogP contribution in [0.4, 0.5) is 0 Å². The van der Waals surface area contributed by atoms with Gasteiger partial charge in [0.25, 0.3) is 0 Å². The molecule has 1 fully saturated rings. The summed E-state index contributed by atoms with van der Waals surface area (Å²) in [6.07, 6.45) is 2.28. The summed E-state index contributed by atoms with van der Waals surface area (Å²) in [6.45, 7) is 5.69. The fourth-order valence-electron chi connectivity index (χ4n) is 3.26. The number of nitrogens with zero attached hydrogens (tertiary/aromatic N) is 2. The number of carbonyl (C=O) groups is 3. The molecule has 0 spiro atoms. The van der Waals surface area contributed by atoms with E-state index in [1.165, 1.54) is 32.5 Å². The maximum Gasteiger partial charge on any atom is 0.303 e. The van der Waals surface area contributed by atoms with Crippen molar-refractivity contribution in [3.63, 3.8) is 0 Å². The largest absolute Gasteiger partial charge is 0.474 e. The highest BCUT2D eigenvalue weighted by atomic mass is 32.2. The average Bonchev–Trinajstić information content (AvgIpc) is 2.72. The van der Waals surface area contributed by atoms with Gasteiger partial charge in [0.2, 0.25) is 0 Å². The van der Waals surface area contributed by atoms with Crippen LogP contribution in [-0.4, -0.2) is 57.4 Å². The minimum absolute atomic E-state index is 0.292. The van der Waals surface area contributed by atoms with Gasteiger partial charge in [-0.05, 0) is 30.7 Å². The fourth-order valence-corrected chi connectivity index (χ4v) is 4.48. The van der Waals surface area contributed by atoms with Crippen LogP contribution in [-0.2, 0) is 28.6 Å². The summed E-state index contributed by atoms with van der Waals surface area (Å²) in [5.41, 5.74) is 1.92. The highest BCUT2D eigenvalue weighted by molar-refractivity contribution is 7.99. The van der Waals surface area contributed by atoms with Gasteiger partial charge in [-0.25, -0.2) is 0 Å². The summed E-state index contributed by atoms with van der Waals surface area (Å²) in [7, 11) is 0. The summed E-state index contributed by atoms with van der Waals surface area (Å²) in [5, 5.41) is 0. The minimum atomic E-state index is -1.00. The molecule has 3 rings (SSSR count). The number of esters is 3. The molecule has 0 aromatic carbocycles. The van der Waals surface area contributed by atoms with Crippen molar-refractivity contribution in [3.8, 4) is 17.0 Å². The van der Waals surface area contributed by atoms with Crippen molar-refractivity contribution >= 4 is 29.7 Å². The van der Waals surface area contributed by atoms with Crippen molar-refractivity contribution in [1.82, 2.24) is 9.97 Å². The number of ether oxygens (including phenoxy) is 4. The van der Waals surface area contributed by atoms with Gasteiger partial charge >= 0.3 is 17.9 Å². The first-order valence-corrected chi connectivity index (χ1v) is 11.0. The van der Waals surface area contributed by atoms with Gasteiger partial charge in [0.1, 0.15) is 5.75 Å². The lowest BCUT2D eigenvalue weighted by atomic mass is 10.1. The third-order valence-electron chi connectivity index (χ3n) is 4.46. The molecule has 0 aliphatic carbocycles. The molecular formula is C22H24N2O7S. The van der Waals surface area contributed by atoms with Crippen LogP contribution in [0.5, 0.6) is 5.75 Å². The van der Waals surface area contributed by atoms with Gasteiger partial charge in [-0.3, -0.25) is 24.4 Å². The maximum absolute atomic E-state index is 11.7. The van der Waals surface area contributed by atoms with E-state index in [4.69, 9.17) is 18.9 Å². The number of hydrogen-bond acceptors (Lipinski definition) is 10. The second-order valence-corrected chi connectivity index (χ2v) is 8.38. The molecule has 2 aromatic heterocycles. The average molecular weight is 461 g/mol. The first-order valence-electron chi connectivity index (χ1n) is 9.91. The topological polar surface area (TPSA) is 114 Å². The molecule has 0 unspecified atom stereocenters. The lowest BCUT2D eigenvalue weighted by molar-refractivity contribution is -0.186. The molecule has 10 heteroatoms. The molecule has 0 radical (unpaired) electrons. The molecule has 0 saturated carbocycles. The molecule has 0 N–H and O–H groups in total. The van der Waals surface area contributed by atoms with E-state index >= 15 is 0 Å². The second-order valence-electron chi connectivity index (χ2n) is 7.25. The van der Waals surface area contributed by atoms with Crippen molar-refractivity contribution in [2.45, 2.75) is 51.4 Å². The van der Waals surface area contributed by atoms with Crippen molar-refractivity contribution in [3.05, 3.63) is 42.4 Å². The van der Waals surface area contributed by atoms with Crippen LogP contribution in [0.15, 0.2) is 36.8 Å². The number of pyridine rings is 2.